The Kier molecular flexibility index (Phi) is 5.46. The number of hydrogen-bond acceptors (Lipinski definition) is 5. The first-order valence-corrected chi connectivity index (χ1v) is 9.33. The van der Waals surface area contributed by atoms with Crippen LogP contribution in [0.25, 0.3) is 0 Å². The van der Waals surface area contributed by atoms with Crippen molar-refractivity contribution in [2.75, 3.05) is 11.9 Å². The molecule has 0 unspecified atom stereocenters. The molecular formula is C21H24FN3O4. The minimum Gasteiger partial charge on any atom is -0.462 e. The van der Waals surface area contributed by atoms with Crippen molar-refractivity contribution >= 4 is 11.8 Å². The van der Waals surface area contributed by atoms with E-state index in [0.717, 1.165) is 4.57 Å². The van der Waals surface area contributed by atoms with Crippen molar-refractivity contribution in [1.29, 1.82) is 0 Å². The van der Waals surface area contributed by atoms with E-state index in [1.54, 1.807) is 13.0 Å². The van der Waals surface area contributed by atoms with Crippen LogP contribution in [0.4, 0.5) is 10.2 Å². The lowest BCUT2D eigenvalue weighted by Gasteiger charge is -2.31. The minimum atomic E-state index is -0.868. The van der Waals surface area contributed by atoms with Crippen LogP contribution in [-0.2, 0) is 23.6 Å². The summed E-state index contributed by atoms with van der Waals surface area (Å²) in [5.74, 6) is -1.53. The Morgan fingerprint density at radius 1 is 1.24 bits per heavy atom. The van der Waals surface area contributed by atoms with Crippen LogP contribution in [0.15, 0.2) is 45.1 Å². The number of allylic oxidation sites excluding steroid dienone is 1. The van der Waals surface area contributed by atoms with Gasteiger partial charge >= 0.3 is 11.7 Å². The number of halogens is 1. The minimum absolute atomic E-state index is 0.130. The molecule has 0 spiro atoms. The van der Waals surface area contributed by atoms with Gasteiger partial charge in [0, 0.05) is 19.8 Å². The molecular weight excluding hydrogens is 377 g/mol. The van der Waals surface area contributed by atoms with Gasteiger partial charge in [0.15, 0.2) is 0 Å². The number of fused-ring (bicyclic) bond motifs is 1. The maximum absolute atomic E-state index is 14.0. The summed E-state index contributed by atoms with van der Waals surface area (Å²) < 4.78 is 21.7. The average Bonchev–Trinajstić information content (AvgIpc) is 2.67. The number of rotatable bonds is 4. The van der Waals surface area contributed by atoms with Gasteiger partial charge < -0.3 is 10.1 Å². The number of carbonyl (C=O) groups excluding carboxylic acids is 1. The van der Waals surface area contributed by atoms with Gasteiger partial charge in [-0.1, -0.05) is 26.0 Å². The van der Waals surface area contributed by atoms with Gasteiger partial charge in [0.1, 0.15) is 11.6 Å². The molecule has 0 radical (unpaired) electrons. The van der Waals surface area contributed by atoms with Gasteiger partial charge in [0.05, 0.1) is 23.7 Å². The fourth-order valence-corrected chi connectivity index (χ4v) is 3.50. The highest BCUT2D eigenvalue weighted by Gasteiger charge is 2.37. The second-order valence-corrected chi connectivity index (χ2v) is 7.61. The number of esters is 1. The Balaban J connectivity index is 2.30. The number of carbonyl (C=O) groups is 1. The summed E-state index contributed by atoms with van der Waals surface area (Å²) in [4.78, 5) is 38.4. The summed E-state index contributed by atoms with van der Waals surface area (Å²) in [5, 5.41) is 3.00. The molecule has 1 N–H and O–H groups in total. The predicted molar refractivity (Wildman–Crippen MR) is 107 cm³/mol. The van der Waals surface area contributed by atoms with Crippen LogP contribution in [0.1, 0.15) is 37.8 Å². The zero-order valence-corrected chi connectivity index (χ0v) is 17.1. The Bertz CT molecular complexity index is 1130. The number of anilines is 1. The van der Waals surface area contributed by atoms with E-state index in [0.29, 0.717) is 11.3 Å². The van der Waals surface area contributed by atoms with Gasteiger partial charge in [-0.25, -0.2) is 14.0 Å². The summed E-state index contributed by atoms with van der Waals surface area (Å²) in [6, 6.07) is 5.74. The fraction of sp³-hybridized carbons (Fsp3) is 0.381. The van der Waals surface area contributed by atoms with E-state index in [9.17, 15) is 18.8 Å². The summed E-state index contributed by atoms with van der Waals surface area (Å²) in [5.41, 5.74) is 0.245. The molecule has 1 aliphatic heterocycles. The maximum atomic E-state index is 14.0. The lowest BCUT2D eigenvalue weighted by molar-refractivity contribution is -0.140. The normalized spacial score (nSPS) is 15.9. The van der Waals surface area contributed by atoms with Crippen LogP contribution in [0.2, 0.25) is 0 Å². The van der Waals surface area contributed by atoms with Crippen LogP contribution >= 0.6 is 0 Å². The quantitative estimate of drug-likeness (QED) is 0.795. The third kappa shape index (κ3) is 3.62. The maximum Gasteiger partial charge on any atom is 0.336 e. The molecule has 0 aliphatic carbocycles. The molecule has 0 saturated carbocycles. The van der Waals surface area contributed by atoms with Crippen LogP contribution in [0.3, 0.4) is 0 Å². The van der Waals surface area contributed by atoms with Crippen molar-refractivity contribution < 1.29 is 13.9 Å². The highest BCUT2D eigenvalue weighted by molar-refractivity contribution is 5.94. The first kappa shape index (κ1) is 20.6. The molecule has 29 heavy (non-hydrogen) atoms. The largest absolute Gasteiger partial charge is 0.462 e. The van der Waals surface area contributed by atoms with Crippen molar-refractivity contribution in [1.82, 2.24) is 9.13 Å². The molecule has 0 bridgehead atoms. The highest BCUT2D eigenvalue weighted by atomic mass is 19.1. The van der Waals surface area contributed by atoms with E-state index in [1.165, 1.54) is 36.9 Å². The summed E-state index contributed by atoms with van der Waals surface area (Å²) in [7, 11) is 2.90. The number of benzene rings is 1. The predicted octanol–water partition coefficient (Wildman–Crippen LogP) is 2.25. The molecule has 1 aromatic carbocycles. The van der Waals surface area contributed by atoms with Crippen LogP contribution in [-0.4, -0.2) is 21.7 Å². The van der Waals surface area contributed by atoms with E-state index >= 15 is 0 Å². The monoisotopic (exact) mass is 401 g/mol. The lowest BCUT2D eigenvalue weighted by atomic mass is 9.82. The van der Waals surface area contributed by atoms with E-state index in [1.807, 2.05) is 13.8 Å². The second kappa shape index (κ2) is 7.69. The van der Waals surface area contributed by atoms with Crippen molar-refractivity contribution in [2.45, 2.75) is 26.7 Å². The molecule has 7 nitrogen and oxygen atoms in total. The SMILES string of the molecule is CC1=C(C(=O)OCC(C)C)[C@@H](c2cccc(F)c2)c2c(n(C)c(=O)n(C)c2=O)N1. The Morgan fingerprint density at radius 3 is 2.55 bits per heavy atom. The molecule has 3 rings (SSSR count). The van der Waals surface area contributed by atoms with Crippen molar-refractivity contribution in [3.8, 4) is 0 Å². The van der Waals surface area contributed by atoms with Gasteiger partial charge in [-0.05, 0) is 30.5 Å². The third-order valence-electron chi connectivity index (χ3n) is 4.94. The Hall–Kier alpha value is -3.16. The number of ether oxygens (including phenoxy) is 1. The number of nitrogens with zero attached hydrogens (tertiary/aromatic N) is 2. The first-order chi connectivity index (χ1) is 13.6. The van der Waals surface area contributed by atoms with Gasteiger partial charge in [-0.2, -0.15) is 0 Å². The Morgan fingerprint density at radius 2 is 1.93 bits per heavy atom. The van der Waals surface area contributed by atoms with Crippen LogP contribution < -0.4 is 16.6 Å². The van der Waals surface area contributed by atoms with Gasteiger partial charge in [-0.15, -0.1) is 0 Å². The lowest BCUT2D eigenvalue weighted by Crippen LogP contribution is -2.43. The molecule has 1 aliphatic rings. The molecule has 154 valence electrons. The molecule has 0 fully saturated rings. The summed E-state index contributed by atoms with van der Waals surface area (Å²) in [6.07, 6.45) is 0. The topological polar surface area (TPSA) is 82.3 Å². The molecule has 0 amide bonds. The number of nitrogens with one attached hydrogen (secondary N) is 1. The van der Waals surface area contributed by atoms with Crippen LogP contribution in [0.5, 0.6) is 0 Å². The summed E-state index contributed by atoms with van der Waals surface area (Å²) in [6.45, 7) is 5.71. The van der Waals surface area contributed by atoms with Crippen molar-refractivity contribution in [3.05, 3.63) is 73.3 Å². The molecule has 2 heterocycles. The molecule has 2 aromatic rings. The van der Waals surface area contributed by atoms with Crippen molar-refractivity contribution in [2.24, 2.45) is 20.0 Å². The third-order valence-corrected chi connectivity index (χ3v) is 4.94. The van der Waals surface area contributed by atoms with E-state index in [4.69, 9.17) is 4.74 Å². The zero-order valence-electron chi connectivity index (χ0n) is 17.1. The number of hydrogen-bond donors (Lipinski definition) is 1. The Labute approximate surface area is 167 Å². The standard InChI is InChI=1S/C21H24FN3O4/c1-11(2)10-29-20(27)15-12(3)23-18-17(19(26)25(5)21(28)24(18)4)16(15)13-7-6-8-14(22)9-13/h6-9,11,16,23H,10H2,1-5H3/t16-/m1/s1. The zero-order chi connectivity index (χ0) is 21.5. The van der Waals surface area contributed by atoms with E-state index in [2.05, 4.69) is 5.32 Å². The van der Waals surface area contributed by atoms with E-state index in [-0.39, 0.29) is 29.5 Å². The molecule has 1 aromatic heterocycles. The van der Waals surface area contributed by atoms with Gasteiger partial charge in [0.2, 0.25) is 0 Å². The van der Waals surface area contributed by atoms with Crippen LogP contribution in [0, 0.1) is 11.7 Å². The fourth-order valence-electron chi connectivity index (χ4n) is 3.50. The highest BCUT2D eigenvalue weighted by Crippen LogP contribution is 2.40. The average molecular weight is 401 g/mol. The first-order valence-electron chi connectivity index (χ1n) is 9.33. The molecule has 8 heteroatoms. The smallest absolute Gasteiger partial charge is 0.336 e. The number of aromatic nitrogens is 2. The second-order valence-electron chi connectivity index (χ2n) is 7.61. The van der Waals surface area contributed by atoms with E-state index < -0.39 is 29.0 Å². The molecule has 1 atom stereocenters. The summed E-state index contributed by atoms with van der Waals surface area (Å²) >= 11 is 0. The molecule has 0 saturated heterocycles. The van der Waals surface area contributed by atoms with Crippen molar-refractivity contribution in [3.63, 3.8) is 0 Å². The van der Waals surface area contributed by atoms with Gasteiger partial charge in [-0.3, -0.25) is 13.9 Å². The van der Waals surface area contributed by atoms with Gasteiger partial charge in [0.25, 0.3) is 5.56 Å².